The van der Waals surface area contributed by atoms with E-state index in [9.17, 15) is 4.79 Å². The van der Waals surface area contributed by atoms with Gasteiger partial charge in [0.15, 0.2) is 0 Å². The first-order valence-electron chi connectivity index (χ1n) is 5.25. The lowest BCUT2D eigenvalue weighted by molar-refractivity contribution is -0.117. The van der Waals surface area contributed by atoms with Gasteiger partial charge in [-0.05, 0) is 18.9 Å². The summed E-state index contributed by atoms with van der Waals surface area (Å²) in [4.78, 5) is 11.1. The maximum absolute atomic E-state index is 11.1. The van der Waals surface area contributed by atoms with E-state index in [1.807, 2.05) is 0 Å². The van der Waals surface area contributed by atoms with Crippen LogP contribution < -0.4 is 5.32 Å². The van der Waals surface area contributed by atoms with Gasteiger partial charge in [0.05, 0.1) is 7.85 Å². The molecule has 1 aliphatic carbocycles. The van der Waals surface area contributed by atoms with Crippen molar-refractivity contribution in [3.8, 4) is 0 Å². The van der Waals surface area contributed by atoms with Crippen LogP contribution in [0.25, 0.3) is 0 Å². The summed E-state index contributed by atoms with van der Waals surface area (Å²) in [5.74, 6) is -0.0735. The molecule has 1 rings (SSSR count). The molecule has 2 atom stereocenters. The van der Waals surface area contributed by atoms with Gasteiger partial charge in [0.1, 0.15) is 0 Å². The molecule has 14 heavy (non-hydrogen) atoms. The maximum atomic E-state index is 11.1. The molecule has 0 saturated heterocycles. The summed E-state index contributed by atoms with van der Waals surface area (Å²) in [6, 6.07) is 0.283. The molecule has 1 amide bonds. The lowest BCUT2D eigenvalue weighted by Crippen LogP contribution is -2.33. The summed E-state index contributed by atoms with van der Waals surface area (Å²) in [5, 5.41) is 2.89. The van der Waals surface area contributed by atoms with Crippen LogP contribution in [0.15, 0.2) is 12.7 Å². The minimum absolute atomic E-state index is 0.0480. The summed E-state index contributed by atoms with van der Waals surface area (Å²) >= 11 is 0. The fourth-order valence-electron chi connectivity index (χ4n) is 1.93. The van der Waals surface area contributed by atoms with Crippen molar-refractivity contribution in [3.05, 3.63) is 12.7 Å². The van der Waals surface area contributed by atoms with E-state index >= 15 is 0 Å². The quantitative estimate of drug-likeness (QED) is 0.403. The topological polar surface area (TPSA) is 29.1 Å². The molecule has 2 unspecified atom stereocenters. The predicted molar refractivity (Wildman–Crippen MR) is 59.3 cm³/mol. The smallest absolute Gasteiger partial charge is 0.243 e. The zero-order chi connectivity index (χ0) is 10.6. The molecule has 1 aliphatic rings. The van der Waals surface area contributed by atoms with Crippen LogP contribution in [0.1, 0.15) is 39.0 Å². The van der Waals surface area contributed by atoms with Gasteiger partial charge in [-0.1, -0.05) is 38.1 Å². The molecule has 0 spiro atoms. The van der Waals surface area contributed by atoms with E-state index in [-0.39, 0.29) is 17.3 Å². The fraction of sp³-hybridized carbons (Fsp3) is 0.727. The van der Waals surface area contributed by atoms with Crippen molar-refractivity contribution >= 4 is 13.8 Å². The normalized spacial score (nSPS) is 33.1. The Kier molecular flexibility index (Phi) is 3.79. The minimum atomic E-state index is -0.0735. The fourth-order valence-corrected chi connectivity index (χ4v) is 1.93. The van der Waals surface area contributed by atoms with E-state index in [0.29, 0.717) is 0 Å². The molecule has 0 heterocycles. The van der Waals surface area contributed by atoms with Crippen molar-refractivity contribution in [2.45, 2.75) is 50.4 Å². The molecule has 0 aromatic carbocycles. The van der Waals surface area contributed by atoms with E-state index in [4.69, 9.17) is 7.85 Å². The van der Waals surface area contributed by atoms with Crippen molar-refractivity contribution in [1.82, 2.24) is 5.32 Å². The van der Waals surface area contributed by atoms with Crippen molar-refractivity contribution in [2.75, 3.05) is 0 Å². The summed E-state index contributed by atoms with van der Waals surface area (Å²) < 4.78 is 0. The van der Waals surface area contributed by atoms with Crippen molar-refractivity contribution < 1.29 is 4.79 Å². The third kappa shape index (κ3) is 3.56. The molecule has 1 N–H and O–H groups in total. The molecule has 2 radical (unpaired) electrons. The van der Waals surface area contributed by atoms with Gasteiger partial charge in [0.25, 0.3) is 0 Å². The number of carbonyl (C=O) groups excluding carboxylic acids is 1. The number of carbonyl (C=O) groups is 1. The molecule has 3 heteroatoms. The largest absolute Gasteiger partial charge is 0.350 e. The molecule has 0 aromatic heterocycles. The monoisotopic (exact) mass is 191 g/mol. The Morgan fingerprint density at radius 1 is 1.57 bits per heavy atom. The Balaban J connectivity index is 2.42. The Hall–Kier alpha value is -0.725. The third-order valence-electron chi connectivity index (χ3n) is 2.90. The van der Waals surface area contributed by atoms with E-state index in [1.165, 1.54) is 6.08 Å². The van der Waals surface area contributed by atoms with Gasteiger partial charge >= 0.3 is 0 Å². The van der Waals surface area contributed by atoms with Crippen molar-refractivity contribution in [3.63, 3.8) is 0 Å². The summed E-state index contributed by atoms with van der Waals surface area (Å²) in [5.41, 5.74) is 0. The Bertz CT molecular complexity index is 225. The number of hydrogen-bond acceptors (Lipinski definition) is 1. The van der Waals surface area contributed by atoms with Crippen LogP contribution in [-0.2, 0) is 4.79 Å². The molecule has 1 saturated carbocycles. The van der Waals surface area contributed by atoms with Crippen LogP contribution in [0, 0.1) is 0 Å². The van der Waals surface area contributed by atoms with Gasteiger partial charge in [0.2, 0.25) is 5.91 Å². The van der Waals surface area contributed by atoms with Crippen molar-refractivity contribution in [2.24, 2.45) is 0 Å². The molecule has 1 fully saturated rings. The number of amides is 1. The highest BCUT2D eigenvalue weighted by atomic mass is 16.1. The van der Waals surface area contributed by atoms with Crippen LogP contribution >= 0.6 is 0 Å². The SMILES string of the molecule is [B]C1(C)CCCC(NC(=O)C=C)CC1. The Labute approximate surface area is 87.6 Å². The zero-order valence-electron chi connectivity index (χ0n) is 8.88. The molecule has 0 aliphatic heterocycles. The third-order valence-corrected chi connectivity index (χ3v) is 2.90. The van der Waals surface area contributed by atoms with Gasteiger partial charge in [-0.15, -0.1) is 0 Å². The molecular formula is C11H18BNO. The van der Waals surface area contributed by atoms with Gasteiger partial charge < -0.3 is 5.32 Å². The second kappa shape index (κ2) is 4.67. The summed E-state index contributed by atoms with van der Waals surface area (Å²) in [6.45, 7) is 5.53. The van der Waals surface area contributed by atoms with E-state index in [2.05, 4.69) is 18.8 Å². The highest BCUT2D eigenvalue weighted by Gasteiger charge is 2.24. The van der Waals surface area contributed by atoms with Gasteiger partial charge in [0, 0.05) is 6.04 Å². The van der Waals surface area contributed by atoms with Crippen LogP contribution in [-0.4, -0.2) is 19.8 Å². The van der Waals surface area contributed by atoms with Crippen LogP contribution in [0.2, 0.25) is 5.31 Å². The molecule has 2 nitrogen and oxygen atoms in total. The number of rotatable bonds is 2. The molecule has 0 bridgehead atoms. The van der Waals surface area contributed by atoms with Gasteiger partial charge in [-0.2, -0.15) is 0 Å². The standard InChI is InChI=1S/C11H18BNO/c1-3-10(14)13-9-5-4-7-11(2,12)8-6-9/h3,9H,1,4-8H2,2H3,(H,13,14). The average molecular weight is 191 g/mol. The maximum Gasteiger partial charge on any atom is 0.243 e. The molecule has 76 valence electrons. The highest BCUT2D eigenvalue weighted by molar-refractivity contribution is 6.14. The van der Waals surface area contributed by atoms with Crippen LogP contribution in [0.3, 0.4) is 0 Å². The zero-order valence-corrected chi connectivity index (χ0v) is 8.88. The van der Waals surface area contributed by atoms with Crippen molar-refractivity contribution in [1.29, 1.82) is 0 Å². The predicted octanol–water partition coefficient (Wildman–Crippen LogP) is 1.97. The highest BCUT2D eigenvalue weighted by Crippen LogP contribution is 2.37. The van der Waals surface area contributed by atoms with Gasteiger partial charge in [-0.25, -0.2) is 0 Å². The summed E-state index contributed by atoms with van der Waals surface area (Å²) in [6.07, 6.45) is 6.46. The van der Waals surface area contributed by atoms with Crippen LogP contribution in [0.5, 0.6) is 0 Å². The summed E-state index contributed by atoms with van der Waals surface area (Å²) in [7, 11) is 6.07. The number of hydrogen-bond donors (Lipinski definition) is 1. The first-order valence-corrected chi connectivity index (χ1v) is 5.25. The van der Waals surface area contributed by atoms with Gasteiger partial charge in [-0.3, -0.25) is 4.79 Å². The average Bonchev–Trinajstić information content (AvgIpc) is 2.28. The van der Waals surface area contributed by atoms with E-state index in [0.717, 1.165) is 32.1 Å². The molecule has 0 aromatic rings. The van der Waals surface area contributed by atoms with E-state index < -0.39 is 0 Å². The Morgan fingerprint density at radius 3 is 2.93 bits per heavy atom. The molecular weight excluding hydrogens is 173 g/mol. The minimum Gasteiger partial charge on any atom is -0.350 e. The second-order valence-corrected chi connectivity index (χ2v) is 4.49. The number of nitrogens with one attached hydrogen (secondary N) is 1. The first-order chi connectivity index (χ1) is 6.53. The second-order valence-electron chi connectivity index (χ2n) is 4.49. The lowest BCUT2D eigenvalue weighted by atomic mass is 9.65. The van der Waals surface area contributed by atoms with E-state index in [1.54, 1.807) is 0 Å². The first kappa shape index (κ1) is 11.4. The van der Waals surface area contributed by atoms with Crippen LogP contribution in [0.4, 0.5) is 0 Å². The Morgan fingerprint density at radius 2 is 2.29 bits per heavy atom. The lowest BCUT2D eigenvalue weighted by Gasteiger charge is -2.22.